The molecule has 4 heteroatoms. The molecule has 1 atom stereocenters. The molecule has 0 aromatic heterocycles. The van der Waals surface area contributed by atoms with Gasteiger partial charge in [0.2, 0.25) is 5.91 Å². The molecule has 11 heavy (non-hydrogen) atoms. The summed E-state index contributed by atoms with van der Waals surface area (Å²) in [7, 11) is 0. The smallest absolute Gasteiger partial charge is 0.220 e. The fourth-order valence-corrected chi connectivity index (χ4v) is 1.08. The van der Waals surface area contributed by atoms with Crippen LogP contribution in [0.1, 0.15) is 12.8 Å². The lowest BCUT2D eigenvalue weighted by atomic mass is 9.95. The maximum absolute atomic E-state index is 10.5. The summed E-state index contributed by atoms with van der Waals surface area (Å²) in [6, 6.07) is 2.03. The van der Waals surface area contributed by atoms with Crippen LogP contribution in [0.15, 0.2) is 12.3 Å². The average Bonchev–Trinajstić information content (AvgIpc) is 2.36. The summed E-state index contributed by atoms with van der Waals surface area (Å²) in [4.78, 5) is 10.5. The molecular weight excluding hydrogens is 142 g/mol. The first-order valence-electron chi connectivity index (χ1n) is 3.31. The van der Waals surface area contributed by atoms with Crippen LogP contribution in [0.5, 0.6) is 0 Å². The normalized spacial score (nSPS) is 27.5. The molecule has 1 heterocycles. The SMILES string of the molecule is N#CC1(CC(N)=O)CC=CN1. The summed E-state index contributed by atoms with van der Waals surface area (Å²) in [5.41, 5.74) is 4.20. The lowest BCUT2D eigenvalue weighted by Crippen LogP contribution is -2.40. The van der Waals surface area contributed by atoms with Crippen molar-refractivity contribution < 1.29 is 4.79 Å². The molecule has 4 nitrogen and oxygen atoms in total. The number of amides is 1. The van der Waals surface area contributed by atoms with Gasteiger partial charge in [0.25, 0.3) is 0 Å². The van der Waals surface area contributed by atoms with Crippen LogP contribution in [0.3, 0.4) is 0 Å². The number of nitriles is 1. The van der Waals surface area contributed by atoms with E-state index in [9.17, 15) is 4.79 Å². The van der Waals surface area contributed by atoms with E-state index < -0.39 is 11.4 Å². The van der Waals surface area contributed by atoms with E-state index in [1.165, 1.54) is 0 Å². The van der Waals surface area contributed by atoms with Gasteiger partial charge < -0.3 is 11.1 Å². The van der Waals surface area contributed by atoms with E-state index in [-0.39, 0.29) is 6.42 Å². The summed E-state index contributed by atoms with van der Waals surface area (Å²) >= 11 is 0. The van der Waals surface area contributed by atoms with Crippen LogP contribution in [0, 0.1) is 11.3 Å². The molecule has 0 saturated heterocycles. The molecule has 3 N–H and O–H groups in total. The third-order valence-electron chi connectivity index (χ3n) is 1.63. The fraction of sp³-hybridized carbons (Fsp3) is 0.429. The third-order valence-corrected chi connectivity index (χ3v) is 1.63. The third kappa shape index (κ3) is 1.49. The van der Waals surface area contributed by atoms with Crippen molar-refractivity contribution in [3.63, 3.8) is 0 Å². The monoisotopic (exact) mass is 151 g/mol. The zero-order valence-corrected chi connectivity index (χ0v) is 6.00. The van der Waals surface area contributed by atoms with Gasteiger partial charge in [0, 0.05) is 6.42 Å². The number of nitrogens with one attached hydrogen (secondary N) is 1. The highest BCUT2D eigenvalue weighted by atomic mass is 16.1. The molecule has 0 saturated carbocycles. The molecule has 0 radical (unpaired) electrons. The highest BCUT2D eigenvalue weighted by Crippen LogP contribution is 2.19. The second-order valence-corrected chi connectivity index (χ2v) is 2.59. The number of carbonyl (C=O) groups excluding carboxylic acids is 1. The Kier molecular flexibility index (Phi) is 1.81. The van der Waals surface area contributed by atoms with E-state index >= 15 is 0 Å². The van der Waals surface area contributed by atoms with Gasteiger partial charge in [0.15, 0.2) is 0 Å². The molecule has 0 aromatic carbocycles. The van der Waals surface area contributed by atoms with Crippen LogP contribution in [-0.4, -0.2) is 11.4 Å². The maximum Gasteiger partial charge on any atom is 0.220 e. The highest BCUT2D eigenvalue weighted by molar-refractivity contribution is 5.76. The molecule has 0 fully saturated rings. The van der Waals surface area contributed by atoms with Crippen molar-refractivity contribution in [2.24, 2.45) is 5.73 Å². The fourth-order valence-electron chi connectivity index (χ4n) is 1.08. The molecule has 1 unspecified atom stereocenters. The Labute approximate surface area is 64.7 Å². The van der Waals surface area contributed by atoms with E-state index in [1.54, 1.807) is 6.20 Å². The Morgan fingerprint density at radius 2 is 2.64 bits per heavy atom. The number of hydrogen-bond donors (Lipinski definition) is 2. The van der Waals surface area contributed by atoms with Crippen LogP contribution < -0.4 is 11.1 Å². The maximum atomic E-state index is 10.5. The summed E-state index contributed by atoms with van der Waals surface area (Å²) in [6.07, 6.45) is 4.10. The van der Waals surface area contributed by atoms with Crippen molar-refractivity contribution in [2.45, 2.75) is 18.4 Å². The number of nitrogens with two attached hydrogens (primary N) is 1. The first-order valence-corrected chi connectivity index (χ1v) is 3.31. The summed E-state index contributed by atoms with van der Waals surface area (Å²) in [5.74, 6) is -0.456. The first-order chi connectivity index (χ1) is 5.18. The second kappa shape index (κ2) is 2.62. The van der Waals surface area contributed by atoms with Gasteiger partial charge in [-0.1, -0.05) is 6.08 Å². The summed E-state index contributed by atoms with van der Waals surface area (Å²) in [6.45, 7) is 0. The Morgan fingerprint density at radius 1 is 1.91 bits per heavy atom. The van der Waals surface area contributed by atoms with E-state index in [0.717, 1.165) is 0 Å². The lowest BCUT2D eigenvalue weighted by molar-refractivity contribution is -0.118. The van der Waals surface area contributed by atoms with Gasteiger partial charge in [-0.25, -0.2) is 0 Å². The average molecular weight is 151 g/mol. The van der Waals surface area contributed by atoms with Crippen LogP contribution in [0.2, 0.25) is 0 Å². The Balaban J connectivity index is 2.64. The molecule has 1 aliphatic heterocycles. The topological polar surface area (TPSA) is 78.9 Å². The van der Waals surface area contributed by atoms with E-state index in [4.69, 9.17) is 11.0 Å². The predicted octanol–water partition coefficient (Wildman–Crippen LogP) is -0.369. The van der Waals surface area contributed by atoms with E-state index in [1.807, 2.05) is 12.1 Å². The molecule has 58 valence electrons. The largest absolute Gasteiger partial charge is 0.373 e. The minimum Gasteiger partial charge on any atom is -0.373 e. The van der Waals surface area contributed by atoms with Crippen molar-refractivity contribution in [3.8, 4) is 6.07 Å². The summed E-state index contributed by atoms with van der Waals surface area (Å²) in [5, 5.41) is 11.5. The molecule has 0 bridgehead atoms. The van der Waals surface area contributed by atoms with Crippen molar-refractivity contribution in [2.75, 3.05) is 0 Å². The number of primary amides is 1. The molecule has 0 aliphatic carbocycles. The van der Waals surface area contributed by atoms with Crippen LogP contribution in [0.25, 0.3) is 0 Å². The van der Waals surface area contributed by atoms with Gasteiger partial charge >= 0.3 is 0 Å². The van der Waals surface area contributed by atoms with Gasteiger partial charge in [-0.2, -0.15) is 5.26 Å². The van der Waals surface area contributed by atoms with Crippen molar-refractivity contribution >= 4 is 5.91 Å². The zero-order chi connectivity index (χ0) is 8.32. The van der Waals surface area contributed by atoms with E-state index in [2.05, 4.69) is 5.32 Å². The molecule has 1 rings (SSSR count). The van der Waals surface area contributed by atoms with Gasteiger partial charge in [-0.3, -0.25) is 4.79 Å². The predicted molar refractivity (Wildman–Crippen MR) is 39.0 cm³/mol. The van der Waals surface area contributed by atoms with Gasteiger partial charge in [-0.15, -0.1) is 0 Å². The van der Waals surface area contributed by atoms with E-state index in [0.29, 0.717) is 6.42 Å². The Morgan fingerprint density at radius 3 is 3.00 bits per heavy atom. The zero-order valence-electron chi connectivity index (χ0n) is 6.00. The number of hydrogen-bond acceptors (Lipinski definition) is 3. The molecule has 0 spiro atoms. The van der Waals surface area contributed by atoms with Crippen LogP contribution in [0.4, 0.5) is 0 Å². The second-order valence-electron chi connectivity index (χ2n) is 2.59. The van der Waals surface area contributed by atoms with Crippen molar-refractivity contribution in [1.82, 2.24) is 5.32 Å². The van der Waals surface area contributed by atoms with Crippen molar-refractivity contribution in [1.29, 1.82) is 5.26 Å². The molecule has 1 amide bonds. The lowest BCUT2D eigenvalue weighted by Gasteiger charge is -2.18. The molecule has 0 aromatic rings. The number of nitrogens with zero attached hydrogens (tertiary/aromatic N) is 1. The van der Waals surface area contributed by atoms with Gasteiger partial charge in [0.1, 0.15) is 5.54 Å². The minimum absolute atomic E-state index is 0.0660. The van der Waals surface area contributed by atoms with Crippen LogP contribution in [-0.2, 0) is 4.79 Å². The number of rotatable bonds is 2. The highest BCUT2D eigenvalue weighted by Gasteiger charge is 2.32. The van der Waals surface area contributed by atoms with Crippen molar-refractivity contribution in [3.05, 3.63) is 12.3 Å². The minimum atomic E-state index is -0.772. The summed E-state index contributed by atoms with van der Waals surface area (Å²) < 4.78 is 0. The van der Waals surface area contributed by atoms with Gasteiger partial charge in [-0.05, 0) is 6.20 Å². The molecular formula is C7H9N3O. The quantitative estimate of drug-likeness (QED) is 0.565. The van der Waals surface area contributed by atoms with Gasteiger partial charge in [0.05, 0.1) is 12.5 Å². The standard InChI is InChI=1S/C7H9N3O/c8-5-7(4-6(9)11)2-1-3-10-7/h1,3,10H,2,4H2,(H2,9,11). The first kappa shape index (κ1) is 7.61. The number of carbonyl (C=O) groups is 1. The van der Waals surface area contributed by atoms with Crippen LogP contribution >= 0.6 is 0 Å². The molecule has 1 aliphatic rings. The Bertz CT molecular complexity index is 231. The Hall–Kier alpha value is -1.50.